The van der Waals surface area contributed by atoms with Crippen LogP contribution in [-0.2, 0) is 47.4 Å². The van der Waals surface area contributed by atoms with Crippen molar-refractivity contribution in [3.63, 3.8) is 0 Å². The highest BCUT2D eigenvalue weighted by atomic mass is 16.8. The molecule has 4 aliphatic rings. The zero-order valence-corrected chi connectivity index (χ0v) is 55.0. The van der Waals surface area contributed by atoms with Gasteiger partial charge in [0.25, 0.3) is 0 Å². The number of ether oxygens (including phenoxy) is 12. The first-order valence-electron chi connectivity index (χ1n) is 31.1. The van der Waals surface area contributed by atoms with Crippen LogP contribution in [0.5, 0.6) is 149 Å². The minimum atomic E-state index is -2.90. The molecule has 0 spiro atoms. The topological polar surface area (TPSA) is 733 Å². The second-order valence-corrected chi connectivity index (χ2v) is 24.1. The van der Waals surface area contributed by atoms with Gasteiger partial charge < -0.3 is 179 Å². The van der Waals surface area contributed by atoms with Gasteiger partial charge in [-0.15, -0.1) is 0 Å². The molecule has 0 amide bonds. The lowest BCUT2D eigenvalue weighted by atomic mass is 9.92. The number of cyclic esters (lactones) is 1. The maximum Gasteiger partial charge on any atom is 0.342 e. The first-order chi connectivity index (χ1) is 52.8. The van der Waals surface area contributed by atoms with E-state index in [1.54, 1.807) is 0 Å². The summed E-state index contributed by atoms with van der Waals surface area (Å²) in [7, 11) is 0. The fourth-order valence-electron chi connectivity index (χ4n) is 11.6. The maximum atomic E-state index is 15.5. The van der Waals surface area contributed by atoms with Crippen LogP contribution in [0.3, 0.4) is 0 Å². The van der Waals surface area contributed by atoms with Gasteiger partial charge in [-0.25, -0.2) is 38.4 Å². The molecule has 2 fully saturated rings. The number of rotatable bonds is 11. The number of phenols is 22. The van der Waals surface area contributed by atoms with Crippen molar-refractivity contribution in [2.45, 2.75) is 61.4 Å². The molecule has 8 aromatic carbocycles. The second kappa shape index (κ2) is 28.7. The third-order valence-corrected chi connectivity index (χ3v) is 17.1. The lowest BCUT2D eigenvalue weighted by molar-refractivity contribution is -0.283. The predicted octanol–water partition coefficient (Wildman–Crippen LogP) is 2.19. The number of carbonyl (C=O) groups excluding carboxylic acids is 8. The molecule has 0 unspecified atom stereocenters. The van der Waals surface area contributed by atoms with Crippen molar-refractivity contribution >= 4 is 47.8 Å². The molecule has 586 valence electrons. The van der Waals surface area contributed by atoms with Gasteiger partial charge in [-0.3, -0.25) is 0 Å². The van der Waals surface area contributed by atoms with Crippen LogP contribution < -0.4 is 9.47 Å². The number of phenolic OH excluding ortho intramolecular Hbond substituents is 22. The first kappa shape index (κ1) is 76.2. The number of esters is 8. The predicted molar refractivity (Wildman–Crippen MR) is 345 cm³/mol. The number of aliphatic hydroxyl groups is 2. The molecule has 24 N–H and O–H groups in total. The van der Waals surface area contributed by atoms with Crippen LogP contribution in [0.1, 0.15) is 82.9 Å². The zero-order chi connectivity index (χ0) is 81.6. The molecule has 8 aromatic rings. The van der Waals surface area contributed by atoms with Gasteiger partial charge in [-0.05, 0) is 60.7 Å². The Hall–Kier alpha value is -15.4. The van der Waals surface area contributed by atoms with Gasteiger partial charge in [0.05, 0.1) is 40.0 Å². The van der Waals surface area contributed by atoms with Crippen LogP contribution in [0.2, 0.25) is 0 Å². The van der Waals surface area contributed by atoms with Gasteiger partial charge in [-0.2, -0.15) is 0 Å². The van der Waals surface area contributed by atoms with E-state index >= 15 is 4.79 Å². The Balaban J connectivity index is 0.994. The molecule has 44 nitrogen and oxygen atoms in total. The van der Waals surface area contributed by atoms with Gasteiger partial charge >= 0.3 is 47.8 Å². The minimum absolute atomic E-state index is 0.167. The number of benzene rings is 8. The first-order valence-corrected chi connectivity index (χ1v) is 31.1. The lowest BCUT2D eigenvalue weighted by Gasteiger charge is -2.44. The van der Waals surface area contributed by atoms with Crippen LogP contribution >= 0.6 is 0 Å². The highest BCUT2D eigenvalue weighted by molar-refractivity contribution is 6.09. The number of fused-ring (bicyclic) bond motifs is 8. The van der Waals surface area contributed by atoms with E-state index in [1.165, 1.54) is 0 Å². The standard InChI is InChI=1S/C68H50O44/c69-13-35-47(88)55(107-59(93)15-1-23(70)39(80)24(71)2-15)57(67(104-35)111-61(95)17-5-27(74)41(82)28(75)6-17)109-65(99)21-11-32(79)45(86)50(91)52(21)103-34-12-22-53(51(92)46(34)87)102-33-8-18(7-29(76)42(33)83)62(96)112-68-58(110-66(22)100)56(108-60(94)16-3-25(72)40(81)26(73)4-16)54-36(105-68)14-101-63(97)19-9-30(77)43(84)48(89)37(19)38-20(64(98)106-54)10-31(78)44(85)49(38)90/h1-12,35-36,47,54-58,67-92H,13-14H2/t35-,36-,47-,54-,55+,56+,57-,58-,67+,68+/m1/s1. The average molecular weight is 1570 g/mol. The van der Waals surface area contributed by atoms with Gasteiger partial charge in [0.1, 0.15) is 36.0 Å². The van der Waals surface area contributed by atoms with Gasteiger partial charge in [-0.1, -0.05) is 0 Å². The Bertz CT molecular complexity index is 5290. The number of hydrogen-bond acceptors (Lipinski definition) is 44. The van der Waals surface area contributed by atoms with E-state index < -0.39 is 328 Å². The van der Waals surface area contributed by atoms with Crippen molar-refractivity contribution in [2.24, 2.45) is 0 Å². The second-order valence-electron chi connectivity index (χ2n) is 24.1. The summed E-state index contributed by atoms with van der Waals surface area (Å²) in [5, 5.41) is 259. The molecule has 0 saturated carbocycles. The van der Waals surface area contributed by atoms with Gasteiger partial charge in [0.2, 0.25) is 65.0 Å². The van der Waals surface area contributed by atoms with E-state index in [0.29, 0.717) is 60.7 Å². The van der Waals surface area contributed by atoms with Crippen LogP contribution in [0.25, 0.3) is 11.1 Å². The summed E-state index contributed by atoms with van der Waals surface area (Å²) in [6.07, 6.45) is -26.2. The highest BCUT2D eigenvalue weighted by Gasteiger charge is 2.57. The molecular formula is C68H50O44. The molecule has 2 saturated heterocycles. The summed E-state index contributed by atoms with van der Waals surface area (Å²) in [6, 6.07) is 4.81. The van der Waals surface area contributed by atoms with Crippen molar-refractivity contribution in [2.75, 3.05) is 13.2 Å². The number of carbonyl (C=O) groups is 8. The Morgan fingerprint density at radius 2 is 0.839 bits per heavy atom. The molecule has 0 aliphatic carbocycles. The van der Waals surface area contributed by atoms with Crippen LogP contribution in [0, 0.1) is 0 Å². The third-order valence-electron chi connectivity index (χ3n) is 17.1. The van der Waals surface area contributed by atoms with Crippen molar-refractivity contribution in [3.8, 4) is 161 Å². The Kier molecular flexibility index (Phi) is 19.5. The summed E-state index contributed by atoms with van der Waals surface area (Å²) in [5.74, 6) is -51.8. The molecular weight excluding hydrogens is 1520 g/mol. The van der Waals surface area contributed by atoms with Crippen molar-refractivity contribution in [3.05, 3.63) is 117 Å². The van der Waals surface area contributed by atoms with E-state index in [0.717, 1.165) is 0 Å². The van der Waals surface area contributed by atoms with Crippen LogP contribution in [-0.4, -0.2) is 245 Å². The lowest BCUT2D eigenvalue weighted by Crippen LogP contribution is -2.63. The van der Waals surface area contributed by atoms with Crippen molar-refractivity contribution in [1.29, 1.82) is 0 Å². The summed E-state index contributed by atoms with van der Waals surface area (Å²) in [6.45, 7) is -2.75. The quantitative estimate of drug-likeness (QED) is 0.0501. The van der Waals surface area contributed by atoms with Gasteiger partial charge in [0, 0.05) is 23.3 Å². The molecule has 10 atom stereocenters. The molecule has 4 heterocycles. The SMILES string of the molecule is O=C1O[C@@H]2O[C@@H]3COC(=O)c4cc(O)c(O)c(O)c4-c4c(cc(O)c(O)c4O)C(=O)O[C@H]3[C@H](OC(=O)c3cc(O)c(O)c(O)c3)[C@H]2OC(=O)c2cc(Oc3c(C(=O)O[C@H]4[C@H](OC(=O)c5cc(O)c(O)c(O)c5)O[C@H](CO)[C@@H](O)[C@@H]4OC(=O)c4cc(O)c(O)c(O)c4)cc(O)c(O)c3O)c(O)c(O)c2Oc2cc1cc(O)c2O. The Morgan fingerprint density at radius 1 is 0.393 bits per heavy atom. The van der Waals surface area contributed by atoms with E-state index in [9.17, 15) is 156 Å². The number of aromatic hydroxyl groups is 22. The van der Waals surface area contributed by atoms with Crippen molar-refractivity contribution in [1.82, 2.24) is 0 Å². The summed E-state index contributed by atoms with van der Waals surface area (Å²) in [4.78, 5) is 116. The fraction of sp³-hybridized carbons (Fsp3) is 0.176. The number of aliphatic hydroxyl groups excluding tert-OH is 2. The van der Waals surface area contributed by atoms with E-state index in [1.807, 2.05) is 0 Å². The summed E-state index contributed by atoms with van der Waals surface area (Å²) >= 11 is 0. The molecule has 0 radical (unpaired) electrons. The Labute approximate surface area is 616 Å². The minimum Gasteiger partial charge on any atom is -0.504 e. The average Bonchev–Trinajstić information content (AvgIpc) is 1.17. The smallest absolute Gasteiger partial charge is 0.342 e. The summed E-state index contributed by atoms with van der Waals surface area (Å²) in [5.41, 5.74) is -11.4. The molecule has 2 bridgehead atoms. The summed E-state index contributed by atoms with van der Waals surface area (Å²) < 4.78 is 67.6. The van der Waals surface area contributed by atoms with Crippen LogP contribution in [0.15, 0.2) is 72.8 Å². The highest BCUT2D eigenvalue weighted by Crippen LogP contribution is 2.57. The van der Waals surface area contributed by atoms with Crippen molar-refractivity contribution < 1.29 is 218 Å². The molecule has 44 heteroatoms. The monoisotopic (exact) mass is 1570 g/mol. The number of hydrogen-bond donors (Lipinski definition) is 24. The van der Waals surface area contributed by atoms with E-state index in [2.05, 4.69) is 0 Å². The maximum absolute atomic E-state index is 15.5. The van der Waals surface area contributed by atoms with Crippen LogP contribution in [0.4, 0.5) is 0 Å². The molecule has 4 aliphatic heterocycles. The molecule has 0 aromatic heterocycles. The fourth-order valence-corrected chi connectivity index (χ4v) is 11.6. The Morgan fingerprint density at radius 3 is 1.37 bits per heavy atom. The normalized spacial score (nSPS) is 20.6. The van der Waals surface area contributed by atoms with E-state index in [-0.39, 0.29) is 12.1 Å². The molecule has 12 rings (SSSR count). The van der Waals surface area contributed by atoms with E-state index in [4.69, 9.17) is 56.8 Å². The largest absolute Gasteiger partial charge is 0.504 e. The third kappa shape index (κ3) is 13.5. The molecule has 112 heavy (non-hydrogen) atoms. The van der Waals surface area contributed by atoms with Gasteiger partial charge in [0.15, 0.2) is 128 Å². The zero-order valence-electron chi connectivity index (χ0n) is 55.0.